The molecule has 0 aliphatic rings. The Balaban J connectivity index is 1.81. The average Bonchev–Trinajstić information content (AvgIpc) is 3.06. The van der Waals surface area contributed by atoms with Crippen LogP contribution in [0.25, 0.3) is 22.2 Å². The number of rotatable bonds is 4. The lowest BCUT2D eigenvalue weighted by Gasteiger charge is -2.16. The monoisotopic (exact) mass is 393 g/mol. The standard InChI is InChI=1S/C20H16BrN3O/c21-16-9-5-8-14(17(22)12-13-6-3-4-11-23-13)19(16)20-15-7-1-2-10-18(15)25-24-20/h1-11,17H,12,22H2/t17-/m0/s1. The molecule has 0 unspecified atom stereocenters. The first-order chi connectivity index (χ1) is 12.2. The van der Waals surface area contributed by atoms with E-state index in [0.717, 1.165) is 38.0 Å². The SMILES string of the molecule is N[C@@H](Cc1ccccn1)c1cccc(Br)c1-c1noc2ccccc12. The number of nitrogens with two attached hydrogens (primary N) is 1. The van der Waals surface area contributed by atoms with Gasteiger partial charge in [-0.15, -0.1) is 0 Å². The Morgan fingerprint density at radius 1 is 1.00 bits per heavy atom. The third-order valence-corrected chi connectivity index (χ3v) is 4.88. The van der Waals surface area contributed by atoms with E-state index in [4.69, 9.17) is 10.3 Å². The van der Waals surface area contributed by atoms with Gasteiger partial charge in [0.05, 0.1) is 0 Å². The Morgan fingerprint density at radius 2 is 1.84 bits per heavy atom. The number of halogens is 1. The van der Waals surface area contributed by atoms with Crippen LogP contribution in [0.15, 0.2) is 75.9 Å². The van der Waals surface area contributed by atoms with Crippen LogP contribution >= 0.6 is 15.9 Å². The summed E-state index contributed by atoms with van der Waals surface area (Å²) in [4.78, 5) is 4.38. The molecule has 4 rings (SSSR count). The molecule has 25 heavy (non-hydrogen) atoms. The number of aromatic nitrogens is 2. The molecule has 0 fully saturated rings. The zero-order valence-corrected chi connectivity index (χ0v) is 15.0. The Morgan fingerprint density at radius 3 is 2.68 bits per heavy atom. The Labute approximate surface area is 153 Å². The van der Waals surface area contributed by atoms with Crippen molar-refractivity contribution in [1.82, 2.24) is 10.1 Å². The van der Waals surface area contributed by atoms with Gasteiger partial charge in [0.25, 0.3) is 0 Å². The molecule has 2 N–H and O–H groups in total. The summed E-state index contributed by atoms with van der Waals surface area (Å²) < 4.78 is 6.43. The second kappa shape index (κ2) is 6.78. The van der Waals surface area contributed by atoms with E-state index in [9.17, 15) is 0 Å². The zero-order chi connectivity index (χ0) is 17.2. The maximum Gasteiger partial charge on any atom is 0.167 e. The van der Waals surface area contributed by atoms with Gasteiger partial charge in [0, 0.05) is 39.8 Å². The first-order valence-electron chi connectivity index (χ1n) is 8.02. The lowest BCUT2D eigenvalue weighted by molar-refractivity contribution is 0.459. The van der Waals surface area contributed by atoms with Crippen molar-refractivity contribution in [1.29, 1.82) is 0 Å². The van der Waals surface area contributed by atoms with E-state index < -0.39 is 0 Å². The smallest absolute Gasteiger partial charge is 0.167 e. The van der Waals surface area contributed by atoms with Gasteiger partial charge in [-0.1, -0.05) is 51.4 Å². The van der Waals surface area contributed by atoms with Gasteiger partial charge in [-0.05, 0) is 35.9 Å². The van der Waals surface area contributed by atoms with Crippen LogP contribution in [0.4, 0.5) is 0 Å². The summed E-state index contributed by atoms with van der Waals surface area (Å²) in [7, 11) is 0. The molecule has 4 aromatic rings. The van der Waals surface area contributed by atoms with Crippen LogP contribution in [0.5, 0.6) is 0 Å². The fourth-order valence-corrected chi connectivity index (χ4v) is 3.59. The van der Waals surface area contributed by atoms with Gasteiger partial charge in [-0.3, -0.25) is 4.98 Å². The molecule has 2 heterocycles. The molecule has 0 aliphatic heterocycles. The van der Waals surface area contributed by atoms with E-state index in [2.05, 4.69) is 26.1 Å². The lowest BCUT2D eigenvalue weighted by Crippen LogP contribution is -2.15. The molecule has 1 atom stereocenters. The van der Waals surface area contributed by atoms with Crippen molar-refractivity contribution < 1.29 is 4.52 Å². The highest BCUT2D eigenvalue weighted by Crippen LogP contribution is 2.38. The molecule has 2 aromatic carbocycles. The minimum atomic E-state index is -0.196. The number of benzene rings is 2. The highest BCUT2D eigenvalue weighted by molar-refractivity contribution is 9.10. The molecular formula is C20H16BrN3O. The van der Waals surface area contributed by atoms with Gasteiger partial charge in [0.1, 0.15) is 5.69 Å². The topological polar surface area (TPSA) is 64.9 Å². The molecule has 0 spiro atoms. The lowest BCUT2D eigenvalue weighted by atomic mass is 9.94. The molecule has 124 valence electrons. The maximum absolute atomic E-state index is 6.53. The molecule has 5 heteroatoms. The molecule has 0 saturated heterocycles. The van der Waals surface area contributed by atoms with Crippen LogP contribution in [-0.2, 0) is 6.42 Å². The third-order valence-electron chi connectivity index (χ3n) is 4.21. The van der Waals surface area contributed by atoms with E-state index in [0.29, 0.717) is 6.42 Å². The van der Waals surface area contributed by atoms with E-state index in [1.807, 2.05) is 60.7 Å². The van der Waals surface area contributed by atoms with Crippen LogP contribution < -0.4 is 5.73 Å². The van der Waals surface area contributed by atoms with Crippen LogP contribution in [0, 0.1) is 0 Å². The van der Waals surface area contributed by atoms with Crippen molar-refractivity contribution in [2.75, 3.05) is 0 Å². The number of hydrogen-bond acceptors (Lipinski definition) is 4. The summed E-state index contributed by atoms with van der Waals surface area (Å²) in [5.74, 6) is 0. The maximum atomic E-state index is 6.53. The molecule has 0 bridgehead atoms. The van der Waals surface area contributed by atoms with Crippen molar-refractivity contribution in [3.05, 3.63) is 82.6 Å². The van der Waals surface area contributed by atoms with Gasteiger partial charge in [-0.25, -0.2) is 0 Å². The summed E-state index contributed by atoms with van der Waals surface area (Å²) in [5, 5.41) is 5.27. The largest absolute Gasteiger partial charge is 0.356 e. The van der Waals surface area contributed by atoms with Crippen LogP contribution in [0.1, 0.15) is 17.3 Å². The van der Waals surface area contributed by atoms with Crippen LogP contribution in [0.2, 0.25) is 0 Å². The van der Waals surface area contributed by atoms with Gasteiger partial charge >= 0.3 is 0 Å². The van der Waals surface area contributed by atoms with Crippen LogP contribution in [0.3, 0.4) is 0 Å². The number of nitrogens with zero attached hydrogens (tertiary/aromatic N) is 2. The van der Waals surface area contributed by atoms with Crippen molar-refractivity contribution in [3.63, 3.8) is 0 Å². The molecule has 0 saturated carbocycles. The normalized spacial score (nSPS) is 12.4. The van der Waals surface area contributed by atoms with Crippen molar-refractivity contribution in [2.24, 2.45) is 5.73 Å². The predicted octanol–water partition coefficient (Wildman–Crippen LogP) is 4.89. The van der Waals surface area contributed by atoms with E-state index in [1.54, 1.807) is 6.20 Å². The predicted molar refractivity (Wildman–Crippen MR) is 102 cm³/mol. The van der Waals surface area contributed by atoms with E-state index in [-0.39, 0.29) is 6.04 Å². The number of fused-ring (bicyclic) bond motifs is 1. The van der Waals surface area contributed by atoms with Gasteiger partial charge in [0.15, 0.2) is 5.58 Å². The first kappa shape index (κ1) is 16.0. The van der Waals surface area contributed by atoms with Crippen molar-refractivity contribution in [2.45, 2.75) is 12.5 Å². The Kier molecular flexibility index (Phi) is 4.34. The summed E-state index contributed by atoms with van der Waals surface area (Å²) in [6.45, 7) is 0. The second-order valence-corrected chi connectivity index (χ2v) is 6.72. The van der Waals surface area contributed by atoms with Crippen LogP contribution in [-0.4, -0.2) is 10.1 Å². The number of para-hydroxylation sites is 1. The summed E-state index contributed by atoms with van der Waals surface area (Å²) in [5.41, 5.74) is 11.0. The van der Waals surface area contributed by atoms with E-state index >= 15 is 0 Å². The fourth-order valence-electron chi connectivity index (χ4n) is 3.02. The summed E-state index contributed by atoms with van der Waals surface area (Å²) in [6.07, 6.45) is 2.44. The number of hydrogen-bond donors (Lipinski definition) is 1. The molecule has 0 amide bonds. The quantitative estimate of drug-likeness (QED) is 0.535. The molecule has 2 aromatic heterocycles. The molecule has 0 aliphatic carbocycles. The minimum Gasteiger partial charge on any atom is -0.356 e. The zero-order valence-electron chi connectivity index (χ0n) is 13.4. The molecule has 0 radical (unpaired) electrons. The third kappa shape index (κ3) is 3.08. The van der Waals surface area contributed by atoms with E-state index in [1.165, 1.54) is 0 Å². The Hall–Kier alpha value is -2.50. The summed E-state index contributed by atoms with van der Waals surface area (Å²) in [6, 6.07) is 19.5. The minimum absolute atomic E-state index is 0.196. The summed E-state index contributed by atoms with van der Waals surface area (Å²) >= 11 is 3.66. The highest BCUT2D eigenvalue weighted by Gasteiger charge is 2.20. The number of pyridine rings is 1. The highest BCUT2D eigenvalue weighted by atomic mass is 79.9. The molecule has 4 nitrogen and oxygen atoms in total. The van der Waals surface area contributed by atoms with Crippen molar-refractivity contribution in [3.8, 4) is 11.3 Å². The second-order valence-electron chi connectivity index (χ2n) is 5.86. The average molecular weight is 394 g/mol. The van der Waals surface area contributed by atoms with Gasteiger partial charge < -0.3 is 10.3 Å². The fraction of sp³-hybridized carbons (Fsp3) is 0.100. The first-order valence-corrected chi connectivity index (χ1v) is 8.82. The molecular weight excluding hydrogens is 378 g/mol. The van der Waals surface area contributed by atoms with Gasteiger partial charge in [-0.2, -0.15) is 0 Å². The Bertz CT molecular complexity index is 1010. The van der Waals surface area contributed by atoms with Gasteiger partial charge in [0.2, 0.25) is 0 Å². The van der Waals surface area contributed by atoms with Crippen molar-refractivity contribution >= 4 is 26.9 Å².